The van der Waals surface area contributed by atoms with Gasteiger partial charge in [-0.15, -0.1) is 0 Å². The maximum atomic E-state index is 13.3. The van der Waals surface area contributed by atoms with E-state index in [0.29, 0.717) is 33.8 Å². The van der Waals surface area contributed by atoms with Crippen molar-refractivity contribution in [3.8, 4) is 0 Å². The van der Waals surface area contributed by atoms with Crippen LogP contribution in [-0.2, 0) is 9.53 Å². The number of aliphatic hydroxyl groups excluding tert-OH is 1. The number of ether oxygens (including phenoxy) is 1. The van der Waals surface area contributed by atoms with E-state index in [-0.39, 0.29) is 36.3 Å². The minimum absolute atomic E-state index is 0.0654. The van der Waals surface area contributed by atoms with Gasteiger partial charge in [0.15, 0.2) is 0 Å². The normalized spacial score (nSPS) is 15.9. The Morgan fingerprint density at radius 3 is 2.71 bits per heavy atom. The molecule has 10 heteroatoms. The van der Waals surface area contributed by atoms with Crippen molar-refractivity contribution in [2.24, 2.45) is 0 Å². The lowest BCUT2D eigenvalue weighted by Crippen LogP contribution is -2.31. The molecule has 1 saturated heterocycles. The molecular weight excluding hydrogens is 472 g/mol. The Morgan fingerprint density at radius 2 is 1.94 bits per heavy atom. The highest BCUT2D eigenvalue weighted by Gasteiger charge is 2.36. The number of pyridine rings is 1. The van der Waals surface area contributed by atoms with Gasteiger partial charge in [-0.05, 0) is 30.7 Å². The largest absolute Gasteiger partial charge is 0.394 e. The topological polar surface area (TPSA) is 96.2 Å². The first kappa shape index (κ1) is 24.1. The molecule has 34 heavy (non-hydrogen) atoms. The van der Waals surface area contributed by atoms with E-state index in [2.05, 4.69) is 10.3 Å². The van der Waals surface area contributed by atoms with E-state index >= 15 is 0 Å². The van der Waals surface area contributed by atoms with E-state index in [1.807, 2.05) is 37.3 Å². The van der Waals surface area contributed by atoms with Crippen molar-refractivity contribution in [1.82, 2.24) is 14.3 Å². The second-order valence-electron chi connectivity index (χ2n) is 7.51. The molecule has 1 amide bonds. The number of benzene rings is 1. The van der Waals surface area contributed by atoms with Crippen LogP contribution in [-0.4, -0.2) is 56.0 Å². The third-order valence-electron chi connectivity index (χ3n) is 5.31. The number of rotatable bonds is 9. The highest BCUT2D eigenvalue weighted by molar-refractivity contribution is 8.26. The molecule has 1 atom stereocenters. The van der Waals surface area contributed by atoms with Crippen LogP contribution in [0.5, 0.6) is 0 Å². The van der Waals surface area contributed by atoms with Crippen molar-refractivity contribution < 1.29 is 14.6 Å². The van der Waals surface area contributed by atoms with Crippen molar-refractivity contribution in [2.45, 2.75) is 13.0 Å². The lowest BCUT2D eigenvalue weighted by Gasteiger charge is -2.23. The van der Waals surface area contributed by atoms with Crippen LogP contribution < -0.4 is 10.9 Å². The molecule has 3 aromatic rings. The molecule has 0 unspecified atom stereocenters. The number of nitrogens with one attached hydrogen (secondary N) is 1. The van der Waals surface area contributed by atoms with Crippen LogP contribution in [0.2, 0.25) is 0 Å². The number of hydrogen-bond donors (Lipinski definition) is 2. The molecule has 2 N–H and O–H groups in total. The molecule has 1 fully saturated rings. The van der Waals surface area contributed by atoms with Crippen LogP contribution in [0.3, 0.4) is 0 Å². The van der Waals surface area contributed by atoms with Crippen molar-refractivity contribution >= 4 is 51.7 Å². The van der Waals surface area contributed by atoms with E-state index in [1.165, 1.54) is 16.2 Å². The Labute approximate surface area is 206 Å². The number of thiocarbonyl (C=S) groups is 1. The predicted octanol–water partition coefficient (Wildman–Crippen LogP) is 3.08. The lowest BCUT2D eigenvalue weighted by atomic mass is 10.1. The lowest BCUT2D eigenvalue weighted by molar-refractivity contribution is -0.123. The van der Waals surface area contributed by atoms with E-state index in [1.54, 1.807) is 35.4 Å². The Hall–Kier alpha value is -3.05. The molecule has 1 aromatic carbocycles. The zero-order chi connectivity index (χ0) is 24.1. The predicted molar refractivity (Wildman–Crippen MR) is 138 cm³/mol. The van der Waals surface area contributed by atoms with E-state index in [0.717, 1.165) is 5.56 Å². The van der Waals surface area contributed by atoms with Gasteiger partial charge >= 0.3 is 0 Å². The maximum Gasteiger partial charge on any atom is 0.267 e. The fourth-order valence-electron chi connectivity index (χ4n) is 3.60. The van der Waals surface area contributed by atoms with Crippen LogP contribution >= 0.6 is 24.0 Å². The van der Waals surface area contributed by atoms with Gasteiger partial charge in [-0.3, -0.25) is 18.9 Å². The smallest absolute Gasteiger partial charge is 0.267 e. The SMILES string of the molecule is C[C@H](c1ccccc1)N1C(=O)/C(=C\c2c(NCCOCCO)nc3ccccn3c2=O)SC1=S. The van der Waals surface area contributed by atoms with Gasteiger partial charge in [0, 0.05) is 12.7 Å². The molecule has 0 saturated carbocycles. The highest BCUT2D eigenvalue weighted by Crippen LogP contribution is 2.38. The Bertz CT molecular complexity index is 1290. The van der Waals surface area contributed by atoms with Gasteiger partial charge in [-0.2, -0.15) is 0 Å². The number of thioether (sulfide) groups is 1. The fraction of sp³-hybridized carbons (Fsp3) is 0.250. The molecule has 2 aromatic heterocycles. The molecule has 0 radical (unpaired) electrons. The minimum Gasteiger partial charge on any atom is -0.394 e. The van der Waals surface area contributed by atoms with Gasteiger partial charge in [-0.25, -0.2) is 4.98 Å². The second-order valence-corrected chi connectivity index (χ2v) is 9.18. The third kappa shape index (κ3) is 5.05. The molecule has 1 aliphatic rings. The Kier molecular flexibility index (Phi) is 7.73. The van der Waals surface area contributed by atoms with E-state index < -0.39 is 0 Å². The summed E-state index contributed by atoms with van der Waals surface area (Å²) in [6.07, 6.45) is 3.20. The summed E-state index contributed by atoms with van der Waals surface area (Å²) in [5, 5.41) is 12.0. The summed E-state index contributed by atoms with van der Waals surface area (Å²) >= 11 is 6.69. The van der Waals surface area contributed by atoms with Gasteiger partial charge < -0.3 is 15.2 Å². The summed E-state index contributed by atoms with van der Waals surface area (Å²) in [5.41, 5.74) is 1.41. The molecule has 0 bridgehead atoms. The first-order valence-electron chi connectivity index (χ1n) is 10.8. The van der Waals surface area contributed by atoms with Crippen LogP contribution in [0.1, 0.15) is 24.1 Å². The van der Waals surface area contributed by atoms with Crippen molar-refractivity contribution in [3.63, 3.8) is 0 Å². The molecule has 4 rings (SSSR count). The molecule has 1 aliphatic heterocycles. The van der Waals surface area contributed by atoms with Gasteiger partial charge in [-0.1, -0.05) is 60.4 Å². The van der Waals surface area contributed by atoms with Gasteiger partial charge in [0.1, 0.15) is 15.8 Å². The number of aromatic nitrogens is 2. The number of amides is 1. The van der Waals surface area contributed by atoms with Crippen LogP contribution in [0.25, 0.3) is 11.7 Å². The van der Waals surface area contributed by atoms with Gasteiger partial charge in [0.2, 0.25) is 0 Å². The summed E-state index contributed by atoms with van der Waals surface area (Å²) in [6.45, 7) is 2.79. The van der Waals surface area contributed by atoms with Crippen molar-refractivity contribution in [2.75, 3.05) is 31.7 Å². The highest BCUT2D eigenvalue weighted by atomic mass is 32.2. The number of carbonyl (C=O) groups is 1. The van der Waals surface area contributed by atoms with Gasteiger partial charge in [0.25, 0.3) is 11.5 Å². The molecule has 0 spiro atoms. The second kappa shape index (κ2) is 10.9. The standard InChI is InChI=1S/C24H24N4O4S2/c1-16(17-7-3-2-4-8-17)28-23(31)19(34-24(28)33)15-18-21(25-10-13-32-14-12-29)26-20-9-5-6-11-27(20)22(18)30/h2-9,11,15-16,25,29H,10,12-14H2,1H3/b19-15+/t16-/m1/s1. The maximum absolute atomic E-state index is 13.3. The molecule has 3 heterocycles. The van der Waals surface area contributed by atoms with Gasteiger partial charge in [0.05, 0.1) is 36.3 Å². The number of fused-ring (bicyclic) bond motifs is 1. The summed E-state index contributed by atoms with van der Waals surface area (Å²) in [5.74, 6) is 0.103. The van der Waals surface area contributed by atoms with Crippen molar-refractivity contribution in [1.29, 1.82) is 0 Å². The number of nitrogens with zero attached hydrogens (tertiary/aromatic N) is 3. The monoisotopic (exact) mass is 496 g/mol. The molecule has 176 valence electrons. The Morgan fingerprint density at radius 1 is 1.18 bits per heavy atom. The average Bonchev–Trinajstić information content (AvgIpc) is 3.13. The van der Waals surface area contributed by atoms with E-state index in [4.69, 9.17) is 22.1 Å². The summed E-state index contributed by atoms with van der Waals surface area (Å²) in [4.78, 5) is 33.1. The third-order valence-corrected chi connectivity index (χ3v) is 6.64. The van der Waals surface area contributed by atoms with Crippen LogP contribution in [0.4, 0.5) is 5.82 Å². The van der Waals surface area contributed by atoms with Crippen LogP contribution in [0.15, 0.2) is 64.4 Å². The average molecular weight is 497 g/mol. The summed E-state index contributed by atoms with van der Waals surface area (Å²) < 4.78 is 7.16. The molecule has 8 nitrogen and oxygen atoms in total. The first-order valence-corrected chi connectivity index (χ1v) is 12.0. The number of anilines is 1. The van der Waals surface area contributed by atoms with Crippen LogP contribution in [0, 0.1) is 0 Å². The Balaban J connectivity index is 1.68. The number of aliphatic hydroxyl groups is 1. The zero-order valence-electron chi connectivity index (χ0n) is 18.5. The zero-order valence-corrected chi connectivity index (χ0v) is 20.1. The van der Waals surface area contributed by atoms with E-state index in [9.17, 15) is 9.59 Å². The van der Waals surface area contributed by atoms with Crippen molar-refractivity contribution in [3.05, 3.63) is 81.1 Å². The summed E-state index contributed by atoms with van der Waals surface area (Å²) in [7, 11) is 0. The first-order chi connectivity index (χ1) is 16.5. The quantitative estimate of drug-likeness (QED) is 0.265. The number of carbonyl (C=O) groups excluding carboxylic acids is 1. The minimum atomic E-state index is -0.300. The molecular formula is C24H24N4O4S2. The molecule has 0 aliphatic carbocycles. The summed E-state index contributed by atoms with van der Waals surface area (Å²) in [6, 6.07) is 14.7. The number of hydrogen-bond acceptors (Lipinski definition) is 8. The fourth-order valence-corrected chi connectivity index (χ4v) is 5.00.